The molecule has 0 atom stereocenters. The molecule has 0 unspecified atom stereocenters. The Balaban J connectivity index is 3.05. The van der Waals surface area contributed by atoms with Crippen LogP contribution in [-0.4, -0.2) is 9.78 Å². The van der Waals surface area contributed by atoms with Crippen molar-refractivity contribution in [3.05, 3.63) is 16.4 Å². The summed E-state index contributed by atoms with van der Waals surface area (Å²) < 4.78 is 2.18. The van der Waals surface area contributed by atoms with Crippen LogP contribution >= 0.6 is 15.9 Å². The lowest BCUT2D eigenvalue weighted by atomic mass is 10.4. The van der Waals surface area contributed by atoms with E-state index in [4.69, 9.17) is 11.7 Å². The summed E-state index contributed by atoms with van der Waals surface area (Å²) in [6.45, 7) is 0.377. The lowest BCUT2D eigenvalue weighted by molar-refractivity contribution is 0.699. The molecule has 0 amide bonds. The highest BCUT2D eigenvalue weighted by Crippen LogP contribution is 2.14. The molecule has 0 aliphatic carbocycles. The number of nitrogens with zero attached hydrogens (tertiary/aromatic N) is 3. The van der Waals surface area contributed by atoms with Gasteiger partial charge in [0, 0.05) is 0 Å². The second-order valence-electron chi connectivity index (χ2n) is 1.82. The maximum Gasteiger partial charge on any atom is 0.123 e. The zero-order valence-corrected chi connectivity index (χ0v) is 7.17. The highest BCUT2D eigenvalue weighted by Gasteiger charge is 2.04. The molecule has 0 spiro atoms. The number of halogens is 1. The molecule has 1 heterocycles. The minimum Gasteiger partial charge on any atom is -0.245 e. The van der Waals surface area contributed by atoms with Gasteiger partial charge in [-0.1, -0.05) is 5.92 Å². The summed E-state index contributed by atoms with van der Waals surface area (Å²) in [4.78, 5) is 0. The van der Waals surface area contributed by atoms with Gasteiger partial charge in [0.2, 0.25) is 0 Å². The molecule has 4 heteroatoms. The average Bonchev–Trinajstić information content (AvgIpc) is 2.34. The minimum absolute atomic E-state index is 0.377. The molecule has 0 N–H and O–H groups in total. The number of rotatable bonds is 1. The summed E-state index contributed by atoms with van der Waals surface area (Å²) in [6, 6.07) is 1.98. The van der Waals surface area contributed by atoms with Crippen LogP contribution in [0, 0.1) is 23.7 Å². The fraction of sp³-hybridized carbons (Fsp3) is 0.143. The summed E-state index contributed by atoms with van der Waals surface area (Å²) in [7, 11) is 0. The van der Waals surface area contributed by atoms with Gasteiger partial charge in [-0.15, -0.1) is 6.42 Å². The summed E-state index contributed by atoms with van der Waals surface area (Å²) in [5.41, 5.74) is 0.500. The van der Waals surface area contributed by atoms with E-state index in [-0.39, 0.29) is 0 Å². The van der Waals surface area contributed by atoms with Crippen molar-refractivity contribution in [2.75, 3.05) is 0 Å². The van der Waals surface area contributed by atoms with E-state index in [0.717, 1.165) is 0 Å². The predicted octanol–water partition coefficient (Wildman–Crippen LogP) is 1.15. The standard InChI is InChI=1S/C7H4BrN3/c1-2-3-11-7(8)6(4-9)5-10-11/h1,5H,3H2. The van der Waals surface area contributed by atoms with E-state index in [1.54, 1.807) is 4.68 Å². The number of hydrogen-bond acceptors (Lipinski definition) is 2. The van der Waals surface area contributed by atoms with E-state index in [9.17, 15) is 0 Å². The van der Waals surface area contributed by atoms with E-state index in [0.29, 0.717) is 16.7 Å². The molecule has 0 radical (unpaired) electrons. The first-order valence-electron chi connectivity index (χ1n) is 2.84. The Kier molecular flexibility index (Phi) is 2.30. The van der Waals surface area contributed by atoms with Gasteiger partial charge in [0.15, 0.2) is 0 Å². The molecule has 0 aliphatic rings. The van der Waals surface area contributed by atoms with Crippen molar-refractivity contribution in [2.24, 2.45) is 0 Å². The van der Waals surface area contributed by atoms with Crippen LogP contribution in [-0.2, 0) is 6.54 Å². The third kappa shape index (κ3) is 1.42. The average molecular weight is 210 g/mol. The minimum atomic E-state index is 0.377. The van der Waals surface area contributed by atoms with Crippen molar-refractivity contribution < 1.29 is 0 Å². The van der Waals surface area contributed by atoms with Gasteiger partial charge >= 0.3 is 0 Å². The molecule has 1 aromatic heterocycles. The van der Waals surface area contributed by atoms with E-state index < -0.39 is 0 Å². The summed E-state index contributed by atoms with van der Waals surface area (Å²) in [6.07, 6.45) is 6.54. The van der Waals surface area contributed by atoms with E-state index in [1.165, 1.54) is 6.20 Å². The zero-order chi connectivity index (χ0) is 8.27. The first-order chi connectivity index (χ1) is 5.29. The molecular formula is C7H4BrN3. The Morgan fingerprint density at radius 3 is 3.00 bits per heavy atom. The normalized spacial score (nSPS) is 8.64. The first-order valence-corrected chi connectivity index (χ1v) is 3.63. The second-order valence-corrected chi connectivity index (χ2v) is 2.57. The van der Waals surface area contributed by atoms with Crippen LogP contribution < -0.4 is 0 Å². The van der Waals surface area contributed by atoms with Crippen LogP contribution in [0.1, 0.15) is 5.56 Å². The molecule has 0 fully saturated rings. The van der Waals surface area contributed by atoms with Gasteiger partial charge in [0.25, 0.3) is 0 Å². The highest BCUT2D eigenvalue weighted by molar-refractivity contribution is 9.10. The molecule has 1 aromatic rings. The Labute approximate surface area is 72.8 Å². The lowest BCUT2D eigenvalue weighted by Crippen LogP contribution is -1.97. The molecule has 0 aromatic carbocycles. The van der Waals surface area contributed by atoms with Gasteiger partial charge < -0.3 is 0 Å². The second kappa shape index (κ2) is 3.23. The molecule has 0 saturated heterocycles. The topological polar surface area (TPSA) is 41.6 Å². The monoisotopic (exact) mass is 209 g/mol. The fourth-order valence-corrected chi connectivity index (χ4v) is 1.05. The van der Waals surface area contributed by atoms with Crippen LogP contribution in [0.5, 0.6) is 0 Å². The van der Waals surface area contributed by atoms with Gasteiger partial charge in [0.1, 0.15) is 22.8 Å². The molecule has 1 rings (SSSR count). The fourth-order valence-electron chi connectivity index (χ4n) is 0.642. The van der Waals surface area contributed by atoms with Crippen LogP contribution in [0.3, 0.4) is 0 Å². The smallest absolute Gasteiger partial charge is 0.123 e. The molecule has 0 saturated carbocycles. The van der Waals surface area contributed by atoms with Gasteiger partial charge in [-0.3, -0.25) is 0 Å². The van der Waals surface area contributed by atoms with Crippen molar-refractivity contribution >= 4 is 15.9 Å². The molecule has 54 valence electrons. The van der Waals surface area contributed by atoms with Crippen molar-refractivity contribution in [1.82, 2.24) is 9.78 Å². The summed E-state index contributed by atoms with van der Waals surface area (Å²) in [5, 5.41) is 12.4. The number of terminal acetylenes is 1. The van der Waals surface area contributed by atoms with Crippen LogP contribution in [0.25, 0.3) is 0 Å². The predicted molar refractivity (Wildman–Crippen MR) is 43.5 cm³/mol. The Bertz CT molecular complexity index is 340. The molecule has 3 nitrogen and oxygen atoms in total. The third-order valence-corrected chi connectivity index (χ3v) is 1.97. The summed E-state index contributed by atoms with van der Waals surface area (Å²) in [5.74, 6) is 2.42. The van der Waals surface area contributed by atoms with Gasteiger partial charge in [0.05, 0.1) is 6.20 Å². The maximum absolute atomic E-state index is 8.51. The highest BCUT2D eigenvalue weighted by atomic mass is 79.9. The van der Waals surface area contributed by atoms with Crippen LogP contribution in [0.4, 0.5) is 0 Å². The third-order valence-electron chi connectivity index (χ3n) is 1.14. The van der Waals surface area contributed by atoms with Crippen LogP contribution in [0.15, 0.2) is 10.8 Å². The largest absolute Gasteiger partial charge is 0.245 e. The van der Waals surface area contributed by atoms with Crippen LogP contribution in [0.2, 0.25) is 0 Å². The van der Waals surface area contributed by atoms with Gasteiger partial charge in [-0.25, -0.2) is 4.68 Å². The quantitative estimate of drug-likeness (QED) is 0.652. The maximum atomic E-state index is 8.51. The number of hydrogen-bond donors (Lipinski definition) is 0. The molecular weight excluding hydrogens is 206 g/mol. The molecule has 11 heavy (non-hydrogen) atoms. The lowest BCUT2D eigenvalue weighted by Gasteiger charge is -1.93. The number of aromatic nitrogens is 2. The number of nitriles is 1. The van der Waals surface area contributed by atoms with Crippen molar-refractivity contribution in [3.8, 4) is 18.4 Å². The first kappa shape index (κ1) is 7.84. The van der Waals surface area contributed by atoms with Gasteiger partial charge in [-0.2, -0.15) is 10.4 Å². The molecule has 0 aliphatic heterocycles. The van der Waals surface area contributed by atoms with Crippen molar-refractivity contribution in [1.29, 1.82) is 5.26 Å². The Hall–Kier alpha value is -1.26. The SMILES string of the molecule is C#CCn1ncc(C#N)c1Br. The Morgan fingerprint density at radius 2 is 2.55 bits per heavy atom. The zero-order valence-electron chi connectivity index (χ0n) is 5.58. The van der Waals surface area contributed by atoms with Gasteiger partial charge in [-0.05, 0) is 15.9 Å². The van der Waals surface area contributed by atoms with E-state index in [1.807, 2.05) is 6.07 Å². The Morgan fingerprint density at radius 1 is 1.82 bits per heavy atom. The van der Waals surface area contributed by atoms with Crippen molar-refractivity contribution in [2.45, 2.75) is 6.54 Å². The van der Waals surface area contributed by atoms with Crippen molar-refractivity contribution in [3.63, 3.8) is 0 Å². The molecule has 0 bridgehead atoms. The summed E-state index contributed by atoms with van der Waals surface area (Å²) >= 11 is 3.19. The van der Waals surface area contributed by atoms with E-state index in [2.05, 4.69) is 26.9 Å². The van der Waals surface area contributed by atoms with E-state index >= 15 is 0 Å².